The van der Waals surface area contributed by atoms with Gasteiger partial charge in [0.1, 0.15) is 5.75 Å². The molecule has 160 valence electrons. The van der Waals surface area contributed by atoms with Crippen molar-refractivity contribution in [1.82, 2.24) is 5.32 Å². The Balaban J connectivity index is 1.65. The Labute approximate surface area is 174 Å². The highest BCUT2D eigenvalue weighted by Crippen LogP contribution is 2.26. The van der Waals surface area contributed by atoms with Crippen LogP contribution in [-0.2, 0) is 14.3 Å². The van der Waals surface area contributed by atoms with Gasteiger partial charge in [-0.15, -0.1) is 0 Å². The molecule has 0 spiro atoms. The molecule has 1 N–H and O–H groups in total. The topological polar surface area (TPSA) is 64.6 Å². The average molecular weight is 417 g/mol. The summed E-state index contributed by atoms with van der Waals surface area (Å²) in [4.78, 5) is 24.7. The molecule has 3 rings (SSSR count). The molecule has 1 aliphatic rings. The number of hydrogen-bond donors (Lipinski definition) is 1. The number of benzene rings is 2. The van der Waals surface area contributed by atoms with Crippen molar-refractivity contribution in [2.45, 2.75) is 44.8 Å². The van der Waals surface area contributed by atoms with E-state index < -0.39 is 18.6 Å². The Bertz CT molecular complexity index is 821. The van der Waals surface area contributed by atoms with Gasteiger partial charge in [0, 0.05) is 0 Å². The molecule has 2 aromatic carbocycles. The molecule has 1 fully saturated rings. The Morgan fingerprint density at radius 2 is 1.57 bits per heavy atom. The molecule has 1 saturated carbocycles. The van der Waals surface area contributed by atoms with Gasteiger partial charge in [-0.1, -0.05) is 61.7 Å². The summed E-state index contributed by atoms with van der Waals surface area (Å²) < 4.78 is 34.4. The third-order valence-electron chi connectivity index (χ3n) is 5.16. The number of rotatable bonds is 8. The van der Waals surface area contributed by atoms with Crippen LogP contribution in [0.4, 0.5) is 8.78 Å². The number of ether oxygens (including phenoxy) is 2. The quantitative estimate of drug-likeness (QED) is 0.637. The third-order valence-corrected chi connectivity index (χ3v) is 5.16. The van der Waals surface area contributed by atoms with Crippen LogP contribution in [0.2, 0.25) is 0 Å². The summed E-state index contributed by atoms with van der Waals surface area (Å²) in [5.74, 6) is -0.845. The van der Waals surface area contributed by atoms with Crippen LogP contribution in [-0.4, -0.2) is 25.1 Å². The van der Waals surface area contributed by atoms with Gasteiger partial charge in [0.15, 0.2) is 6.61 Å². The zero-order valence-electron chi connectivity index (χ0n) is 16.6. The first-order valence-corrected chi connectivity index (χ1v) is 10.1. The van der Waals surface area contributed by atoms with Gasteiger partial charge in [-0.05, 0) is 36.1 Å². The number of esters is 1. The van der Waals surface area contributed by atoms with Crippen molar-refractivity contribution in [3.05, 3.63) is 65.7 Å². The van der Waals surface area contributed by atoms with Crippen LogP contribution < -0.4 is 10.1 Å². The minimum atomic E-state index is -2.90. The van der Waals surface area contributed by atoms with E-state index in [0.717, 1.165) is 37.7 Å². The molecule has 1 amide bonds. The van der Waals surface area contributed by atoms with Crippen LogP contribution >= 0.6 is 0 Å². The fourth-order valence-electron chi connectivity index (χ4n) is 3.64. The highest BCUT2D eigenvalue weighted by Gasteiger charge is 2.24. The van der Waals surface area contributed by atoms with E-state index in [1.807, 2.05) is 30.3 Å². The maximum atomic E-state index is 12.5. The Morgan fingerprint density at radius 1 is 0.933 bits per heavy atom. The van der Waals surface area contributed by atoms with Gasteiger partial charge >= 0.3 is 12.6 Å². The first-order valence-electron chi connectivity index (χ1n) is 10.1. The van der Waals surface area contributed by atoms with Crippen molar-refractivity contribution in [2.24, 2.45) is 5.92 Å². The number of carbonyl (C=O) groups excluding carboxylic acids is 2. The van der Waals surface area contributed by atoms with Crippen LogP contribution in [0.3, 0.4) is 0 Å². The molecule has 7 heteroatoms. The van der Waals surface area contributed by atoms with E-state index in [2.05, 4.69) is 10.1 Å². The van der Waals surface area contributed by atoms with Crippen LogP contribution in [0.15, 0.2) is 54.6 Å². The molecular weight excluding hydrogens is 392 g/mol. The maximum Gasteiger partial charge on any atom is 0.387 e. The first kappa shape index (κ1) is 21.7. The van der Waals surface area contributed by atoms with Gasteiger partial charge in [0.25, 0.3) is 5.91 Å². The lowest BCUT2D eigenvalue weighted by molar-refractivity contribution is -0.153. The van der Waals surface area contributed by atoms with E-state index in [1.54, 1.807) is 12.1 Å². The first-order chi connectivity index (χ1) is 14.5. The molecule has 0 radical (unpaired) electrons. The van der Waals surface area contributed by atoms with E-state index in [-0.39, 0.29) is 24.2 Å². The summed E-state index contributed by atoms with van der Waals surface area (Å²) in [6, 6.07) is 14.8. The second-order valence-corrected chi connectivity index (χ2v) is 7.30. The van der Waals surface area contributed by atoms with Crippen molar-refractivity contribution < 1.29 is 27.8 Å². The molecule has 0 unspecified atom stereocenters. The zero-order valence-corrected chi connectivity index (χ0v) is 16.6. The molecule has 1 atom stereocenters. The summed E-state index contributed by atoms with van der Waals surface area (Å²) in [5, 5.41) is 2.86. The average Bonchev–Trinajstić information content (AvgIpc) is 2.77. The smallest absolute Gasteiger partial charge is 0.387 e. The summed E-state index contributed by atoms with van der Waals surface area (Å²) >= 11 is 0. The lowest BCUT2D eigenvalue weighted by Gasteiger charge is -2.22. The monoisotopic (exact) mass is 417 g/mol. The highest BCUT2D eigenvalue weighted by molar-refractivity contribution is 5.82. The minimum Gasteiger partial charge on any atom is -0.455 e. The predicted molar refractivity (Wildman–Crippen MR) is 107 cm³/mol. The maximum absolute atomic E-state index is 12.5. The molecular formula is C23H25F2NO4. The lowest BCUT2D eigenvalue weighted by atomic mass is 9.89. The fourth-order valence-corrected chi connectivity index (χ4v) is 3.64. The molecule has 0 aromatic heterocycles. The number of carbonyl (C=O) groups is 2. The number of alkyl halides is 2. The fraction of sp³-hybridized carbons (Fsp3) is 0.391. The number of amides is 1. The number of halogens is 2. The van der Waals surface area contributed by atoms with E-state index in [1.165, 1.54) is 12.1 Å². The number of hydrogen-bond acceptors (Lipinski definition) is 4. The van der Waals surface area contributed by atoms with E-state index in [4.69, 9.17) is 4.74 Å². The molecule has 0 bridgehead atoms. The summed E-state index contributed by atoms with van der Waals surface area (Å²) in [5.41, 5.74) is 1.50. The van der Waals surface area contributed by atoms with Gasteiger partial charge in [-0.25, -0.2) is 0 Å². The SMILES string of the molecule is O=C(COC(=O)C1CCCCC1)N[C@@H](c1ccccc1)c1ccc(OC(F)F)cc1. The van der Waals surface area contributed by atoms with Crippen LogP contribution in [0.5, 0.6) is 5.75 Å². The van der Waals surface area contributed by atoms with E-state index in [0.29, 0.717) is 5.56 Å². The van der Waals surface area contributed by atoms with Gasteiger partial charge < -0.3 is 14.8 Å². The Kier molecular flexibility index (Phi) is 7.76. The van der Waals surface area contributed by atoms with Crippen LogP contribution in [0, 0.1) is 5.92 Å². The predicted octanol–water partition coefficient (Wildman–Crippen LogP) is 4.62. The summed E-state index contributed by atoms with van der Waals surface area (Å²) in [6.45, 7) is -3.26. The molecule has 1 aliphatic carbocycles. The van der Waals surface area contributed by atoms with Gasteiger partial charge in [0.05, 0.1) is 12.0 Å². The largest absolute Gasteiger partial charge is 0.455 e. The molecule has 0 heterocycles. The number of nitrogens with one attached hydrogen (secondary N) is 1. The van der Waals surface area contributed by atoms with Gasteiger partial charge in [-0.3, -0.25) is 9.59 Å². The zero-order chi connectivity index (χ0) is 21.3. The Hall–Kier alpha value is -2.96. The molecule has 5 nitrogen and oxygen atoms in total. The lowest BCUT2D eigenvalue weighted by Crippen LogP contribution is -2.34. The van der Waals surface area contributed by atoms with Crippen molar-refractivity contribution in [2.75, 3.05) is 6.61 Å². The van der Waals surface area contributed by atoms with Crippen LogP contribution in [0.1, 0.15) is 49.3 Å². The minimum absolute atomic E-state index is 0.0355. The second-order valence-electron chi connectivity index (χ2n) is 7.30. The Morgan fingerprint density at radius 3 is 2.20 bits per heavy atom. The summed E-state index contributed by atoms with van der Waals surface area (Å²) in [7, 11) is 0. The van der Waals surface area contributed by atoms with Gasteiger partial charge in [-0.2, -0.15) is 8.78 Å². The van der Waals surface area contributed by atoms with Crippen LogP contribution in [0.25, 0.3) is 0 Å². The van der Waals surface area contributed by atoms with Crippen molar-refractivity contribution in [3.63, 3.8) is 0 Å². The van der Waals surface area contributed by atoms with E-state index in [9.17, 15) is 18.4 Å². The van der Waals surface area contributed by atoms with Crippen molar-refractivity contribution in [1.29, 1.82) is 0 Å². The van der Waals surface area contributed by atoms with E-state index >= 15 is 0 Å². The molecule has 0 saturated heterocycles. The molecule has 30 heavy (non-hydrogen) atoms. The molecule has 0 aliphatic heterocycles. The van der Waals surface area contributed by atoms with Crippen molar-refractivity contribution in [3.8, 4) is 5.75 Å². The standard InChI is InChI=1S/C23H25F2NO4/c24-23(25)30-19-13-11-17(12-14-19)21(16-7-3-1-4-8-16)26-20(27)15-29-22(28)18-9-5-2-6-10-18/h1,3-4,7-8,11-14,18,21,23H,2,5-6,9-10,15H2,(H,26,27)/t21-/m0/s1. The second kappa shape index (κ2) is 10.7. The summed E-state index contributed by atoms with van der Waals surface area (Å²) in [6.07, 6.45) is 4.76. The van der Waals surface area contributed by atoms with Crippen molar-refractivity contribution >= 4 is 11.9 Å². The van der Waals surface area contributed by atoms with Gasteiger partial charge in [0.2, 0.25) is 0 Å². The third kappa shape index (κ3) is 6.27. The molecule has 2 aromatic rings. The highest BCUT2D eigenvalue weighted by atomic mass is 19.3. The normalized spacial score (nSPS) is 15.4.